The number of fused-ring (bicyclic) bond motifs is 1. The third-order valence-electron chi connectivity index (χ3n) is 3.37. The van der Waals surface area contributed by atoms with E-state index < -0.39 is 18.4 Å². The van der Waals surface area contributed by atoms with Crippen LogP contribution >= 0.6 is 23.1 Å². The molecule has 0 radical (unpaired) electrons. The summed E-state index contributed by atoms with van der Waals surface area (Å²) >= 11 is 2.84. The summed E-state index contributed by atoms with van der Waals surface area (Å²) in [6.45, 7) is 4.73. The molecule has 3 heterocycles. The van der Waals surface area contributed by atoms with Crippen LogP contribution in [-0.4, -0.2) is 32.9 Å². The van der Waals surface area contributed by atoms with Crippen LogP contribution in [0.4, 0.5) is 4.79 Å². The largest absolute Gasteiger partial charge is 0.426 e. The van der Waals surface area contributed by atoms with E-state index in [1.165, 1.54) is 41.5 Å². The zero-order valence-electron chi connectivity index (χ0n) is 14.5. The lowest BCUT2D eigenvalue weighted by Gasteiger charge is -2.14. The van der Waals surface area contributed by atoms with E-state index in [0.717, 1.165) is 11.3 Å². The molecule has 0 saturated carbocycles. The molecule has 1 unspecified atom stereocenters. The number of aromatic nitrogens is 3. The van der Waals surface area contributed by atoms with E-state index in [1.54, 1.807) is 6.20 Å². The summed E-state index contributed by atoms with van der Waals surface area (Å²) in [6, 6.07) is 3.93. The van der Waals surface area contributed by atoms with Crippen molar-refractivity contribution < 1.29 is 19.1 Å². The quantitative estimate of drug-likeness (QED) is 0.369. The fraction of sp³-hybridized carbons (Fsp3) is 0.294. The van der Waals surface area contributed by atoms with Crippen LogP contribution in [0.15, 0.2) is 34.2 Å². The first-order valence-electron chi connectivity index (χ1n) is 7.81. The van der Waals surface area contributed by atoms with Crippen LogP contribution in [0.1, 0.15) is 25.1 Å². The normalized spacial score (nSPS) is 12.1. The van der Waals surface area contributed by atoms with Gasteiger partial charge in [-0.25, -0.2) is 14.3 Å². The molecule has 7 nitrogen and oxygen atoms in total. The van der Waals surface area contributed by atoms with Crippen molar-refractivity contribution >= 4 is 46.2 Å². The van der Waals surface area contributed by atoms with Gasteiger partial charge in [-0.1, -0.05) is 17.8 Å². The summed E-state index contributed by atoms with van der Waals surface area (Å²) in [5, 5.41) is 4.20. The van der Waals surface area contributed by atoms with Crippen LogP contribution in [0.5, 0.6) is 0 Å². The molecule has 136 valence electrons. The van der Waals surface area contributed by atoms with Crippen LogP contribution in [-0.2, 0) is 20.0 Å². The maximum absolute atomic E-state index is 12.6. The van der Waals surface area contributed by atoms with Gasteiger partial charge < -0.3 is 9.47 Å². The van der Waals surface area contributed by atoms with Crippen LogP contribution < -0.4 is 0 Å². The molecule has 0 aliphatic carbocycles. The maximum atomic E-state index is 12.6. The highest BCUT2D eigenvalue weighted by Gasteiger charge is 2.22. The molecule has 9 heteroatoms. The number of thioether (sulfide) groups is 1. The average molecular weight is 391 g/mol. The number of nitrogens with zero attached hydrogens (tertiary/aromatic N) is 3. The third-order valence-corrected chi connectivity index (χ3v) is 5.06. The third kappa shape index (κ3) is 4.23. The van der Waals surface area contributed by atoms with Gasteiger partial charge in [-0.05, 0) is 18.6 Å². The number of ether oxygens (including phenoxy) is 2. The lowest BCUT2D eigenvalue weighted by molar-refractivity contribution is -0.162. The Labute approximate surface area is 158 Å². The molecule has 0 spiro atoms. The minimum atomic E-state index is -0.979. The van der Waals surface area contributed by atoms with Gasteiger partial charge >= 0.3 is 12.1 Å². The molecular formula is C17H17N3O4S2. The highest BCUT2D eigenvalue weighted by atomic mass is 32.2. The standard InChI is InChI=1S/C17H17N3O4S2/c1-10-4-5-13(18-6-10)7-26-16-19-14-8-25-9-15(14)20(16)17(22)24-12(3)23-11(2)21/h4-6,8-9,12H,7H2,1-3H3. The predicted octanol–water partition coefficient (Wildman–Crippen LogP) is 3.99. The molecule has 3 rings (SSSR count). The van der Waals surface area contributed by atoms with E-state index in [9.17, 15) is 9.59 Å². The topological polar surface area (TPSA) is 83.3 Å². The van der Waals surface area contributed by atoms with Gasteiger partial charge in [0.15, 0.2) is 5.16 Å². The Bertz CT molecular complexity index is 933. The second-order valence-electron chi connectivity index (χ2n) is 5.55. The minimum absolute atomic E-state index is 0.505. The predicted molar refractivity (Wildman–Crippen MR) is 99.3 cm³/mol. The van der Waals surface area contributed by atoms with Crippen LogP contribution in [0, 0.1) is 6.92 Å². The highest BCUT2D eigenvalue weighted by molar-refractivity contribution is 7.98. The Balaban J connectivity index is 1.80. The summed E-state index contributed by atoms with van der Waals surface area (Å²) in [6.07, 6.45) is 0.182. The summed E-state index contributed by atoms with van der Waals surface area (Å²) < 4.78 is 11.5. The zero-order chi connectivity index (χ0) is 18.7. The van der Waals surface area contributed by atoms with Crippen molar-refractivity contribution in [2.24, 2.45) is 0 Å². The van der Waals surface area contributed by atoms with Crippen molar-refractivity contribution in [1.29, 1.82) is 0 Å². The van der Waals surface area contributed by atoms with Gasteiger partial charge in [0.05, 0.1) is 11.2 Å². The molecule has 3 aromatic heterocycles. The number of hydrogen-bond acceptors (Lipinski definition) is 8. The van der Waals surface area contributed by atoms with Crippen LogP contribution in [0.3, 0.4) is 0 Å². The number of carbonyl (C=O) groups excluding carboxylic acids is 2. The SMILES string of the molecule is CC(=O)OC(C)OC(=O)n1c(SCc2ccc(C)cn2)nc2cscc21. The number of esters is 1. The lowest BCUT2D eigenvalue weighted by Crippen LogP contribution is -2.24. The molecule has 3 aromatic rings. The maximum Gasteiger partial charge on any atom is 0.423 e. The van der Waals surface area contributed by atoms with Gasteiger partial charge in [0.25, 0.3) is 0 Å². The van der Waals surface area contributed by atoms with Crippen molar-refractivity contribution in [3.05, 3.63) is 40.3 Å². The lowest BCUT2D eigenvalue weighted by atomic mass is 10.3. The summed E-state index contributed by atoms with van der Waals surface area (Å²) in [5.74, 6) is 0.0486. The minimum Gasteiger partial charge on any atom is -0.426 e. The zero-order valence-corrected chi connectivity index (χ0v) is 16.1. The molecular weight excluding hydrogens is 374 g/mol. The van der Waals surface area contributed by atoms with Crippen LogP contribution in [0.25, 0.3) is 11.0 Å². The van der Waals surface area contributed by atoms with Crippen molar-refractivity contribution in [3.63, 3.8) is 0 Å². The molecule has 0 bridgehead atoms. The van der Waals surface area contributed by atoms with Gasteiger partial charge in [-0.2, -0.15) is 0 Å². The fourth-order valence-electron chi connectivity index (χ4n) is 2.24. The van der Waals surface area contributed by atoms with E-state index in [0.29, 0.717) is 21.9 Å². The van der Waals surface area contributed by atoms with E-state index >= 15 is 0 Å². The molecule has 0 aromatic carbocycles. The van der Waals surface area contributed by atoms with Gasteiger partial charge in [0.1, 0.15) is 5.52 Å². The first-order valence-corrected chi connectivity index (χ1v) is 9.74. The molecule has 0 saturated heterocycles. The smallest absolute Gasteiger partial charge is 0.423 e. The molecule has 0 amide bonds. The fourth-order valence-corrected chi connectivity index (χ4v) is 3.88. The average Bonchev–Trinajstić information content (AvgIpc) is 3.13. The van der Waals surface area contributed by atoms with E-state index in [4.69, 9.17) is 9.47 Å². The van der Waals surface area contributed by atoms with E-state index in [1.807, 2.05) is 29.8 Å². The summed E-state index contributed by atoms with van der Waals surface area (Å²) in [4.78, 5) is 32.4. The number of pyridine rings is 1. The number of thiophene rings is 1. The highest BCUT2D eigenvalue weighted by Crippen LogP contribution is 2.29. The Morgan fingerprint density at radius 2 is 2.12 bits per heavy atom. The first-order chi connectivity index (χ1) is 12.4. The molecule has 0 fully saturated rings. The number of hydrogen-bond donors (Lipinski definition) is 0. The Morgan fingerprint density at radius 1 is 1.31 bits per heavy atom. The summed E-state index contributed by atoms with van der Waals surface area (Å²) in [5.41, 5.74) is 3.35. The van der Waals surface area contributed by atoms with Gasteiger partial charge in [-0.3, -0.25) is 9.78 Å². The van der Waals surface area contributed by atoms with Crippen molar-refractivity contribution in [2.75, 3.05) is 0 Å². The van der Waals surface area contributed by atoms with Crippen molar-refractivity contribution in [3.8, 4) is 0 Å². The second-order valence-corrected chi connectivity index (χ2v) is 7.23. The molecule has 0 N–H and O–H groups in total. The Morgan fingerprint density at radius 3 is 2.81 bits per heavy atom. The Hall–Kier alpha value is -2.39. The van der Waals surface area contributed by atoms with Crippen LogP contribution in [0.2, 0.25) is 0 Å². The molecule has 26 heavy (non-hydrogen) atoms. The first kappa shape index (κ1) is 18.4. The van der Waals surface area contributed by atoms with Gasteiger partial charge in [-0.15, -0.1) is 11.3 Å². The molecule has 0 aliphatic rings. The van der Waals surface area contributed by atoms with Crippen molar-refractivity contribution in [1.82, 2.24) is 14.5 Å². The van der Waals surface area contributed by atoms with E-state index in [-0.39, 0.29) is 0 Å². The monoisotopic (exact) mass is 391 g/mol. The second kappa shape index (κ2) is 7.88. The van der Waals surface area contributed by atoms with Gasteiger partial charge in [0, 0.05) is 36.6 Å². The number of rotatable bonds is 5. The number of imidazole rings is 1. The van der Waals surface area contributed by atoms with Crippen molar-refractivity contribution in [2.45, 2.75) is 38.0 Å². The molecule has 1 atom stereocenters. The van der Waals surface area contributed by atoms with Gasteiger partial charge in [0.2, 0.25) is 6.29 Å². The Kier molecular flexibility index (Phi) is 5.58. The molecule has 0 aliphatic heterocycles. The number of aryl methyl sites for hydroxylation is 1. The van der Waals surface area contributed by atoms with E-state index in [2.05, 4.69) is 9.97 Å². The summed E-state index contributed by atoms with van der Waals surface area (Å²) in [7, 11) is 0. The number of carbonyl (C=O) groups is 2.